The summed E-state index contributed by atoms with van der Waals surface area (Å²) in [5.41, 5.74) is 1.61. The minimum absolute atomic E-state index is 0.0388. The standard InChI is InChI=1S/C21H28BNO4/c1-20(2)14-25-22(27-21(20,3)4)16-8-9-18-15(11-16)12-17(13-23-18)26-19-7-5-6-10-24-19/h8-9,11-13,19H,5-7,10,14H2,1-4H3. The van der Waals surface area contributed by atoms with Crippen LogP contribution in [-0.4, -0.2) is 37.2 Å². The van der Waals surface area contributed by atoms with E-state index in [9.17, 15) is 0 Å². The molecule has 6 heteroatoms. The normalized spacial score (nSPS) is 24.7. The van der Waals surface area contributed by atoms with E-state index in [0.29, 0.717) is 6.61 Å². The maximum atomic E-state index is 6.28. The van der Waals surface area contributed by atoms with E-state index in [1.807, 2.05) is 18.2 Å². The molecule has 0 aliphatic carbocycles. The van der Waals surface area contributed by atoms with Gasteiger partial charge in [-0.2, -0.15) is 0 Å². The quantitative estimate of drug-likeness (QED) is 0.773. The van der Waals surface area contributed by atoms with Crippen LogP contribution in [0.25, 0.3) is 10.9 Å². The number of benzene rings is 1. The average molecular weight is 369 g/mol. The molecular weight excluding hydrogens is 341 g/mol. The van der Waals surface area contributed by atoms with Crippen LogP contribution in [0.5, 0.6) is 5.75 Å². The van der Waals surface area contributed by atoms with Gasteiger partial charge in [-0.15, -0.1) is 0 Å². The predicted molar refractivity (Wildman–Crippen MR) is 106 cm³/mol. The summed E-state index contributed by atoms with van der Waals surface area (Å²) < 4.78 is 23.9. The highest BCUT2D eigenvalue weighted by Crippen LogP contribution is 2.38. The molecule has 0 bridgehead atoms. The van der Waals surface area contributed by atoms with E-state index in [2.05, 4.69) is 38.7 Å². The molecule has 0 saturated carbocycles. The third-order valence-electron chi connectivity index (χ3n) is 5.98. The minimum Gasteiger partial charge on any atom is -0.463 e. The van der Waals surface area contributed by atoms with Gasteiger partial charge in [0.05, 0.1) is 23.9 Å². The van der Waals surface area contributed by atoms with Gasteiger partial charge in [-0.3, -0.25) is 4.98 Å². The zero-order valence-electron chi connectivity index (χ0n) is 16.7. The van der Waals surface area contributed by atoms with E-state index in [4.69, 9.17) is 18.8 Å². The molecular formula is C21H28BNO4. The summed E-state index contributed by atoms with van der Waals surface area (Å²) in [6.45, 7) is 10.0. The highest BCUT2D eigenvalue weighted by Gasteiger charge is 2.46. The molecule has 2 aliphatic heterocycles. The smallest absolute Gasteiger partial charge is 0.463 e. The Morgan fingerprint density at radius 2 is 2.00 bits per heavy atom. The van der Waals surface area contributed by atoms with E-state index in [1.165, 1.54) is 0 Å². The summed E-state index contributed by atoms with van der Waals surface area (Å²) in [5.74, 6) is 0.735. The molecule has 144 valence electrons. The Bertz CT molecular complexity index is 817. The van der Waals surface area contributed by atoms with Gasteiger partial charge < -0.3 is 18.8 Å². The van der Waals surface area contributed by atoms with Crippen molar-refractivity contribution < 1.29 is 18.8 Å². The molecule has 1 aromatic carbocycles. The van der Waals surface area contributed by atoms with Gasteiger partial charge in [-0.25, -0.2) is 0 Å². The molecule has 1 unspecified atom stereocenters. The number of hydrogen-bond acceptors (Lipinski definition) is 5. The molecule has 0 amide bonds. The first kappa shape index (κ1) is 18.7. The van der Waals surface area contributed by atoms with Crippen LogP contribution in [0.2, 0.25) is 0 Å². The Morgan fingerprint density at radius 3 is 2.74 bits per heavy atom. The van der Waals surface area contributed by atoms with Crippen LogP contribution in [0.4, 0.5) is 0 Å². The van der Waals surface area contributed by atoms with Crippen molar-refractivity contribution in [1.29, 1.82) is 0 Å². The van der Waals surface area contributed by atoms with Crippen molar-refractivity contribution in [3.8, 4) is 5.75 Å². The summed E-state index contributed by atoms with van der Waals surface area (Å²) in [4.78, 5) is 4.52. The van der Waals surface area contributed by atoms with Gasteiger partial charge in [0.25, 0.3) is 0 Å². The third-order valence-corrected chi connectivity index (χ3v) is 5.98. The van der Waals surface area contributed by atoms with Crippen molar-refractivity contribution in [3.05, 3.63) is 30.5 Å². The van der Waals surface area contributed by atoms with Gasteiger partial charge in [0, 0.05) is 23.8 Å². The number of rotatable bonds is 3. The van der Waals surface area contributed by atoms with Gasteiger partial charge in [-0.05, 0) is 44.3 Å². The van der Waals surface area contributed by atoms with Gasteiger partial charge >= 0.3 is 7.12 Å². The molecule has 2 fully saturated rings. The lowest BCUT2D eigenvalue weighted by Gasteiger charge is -2.47. The molecule has 3 heterocycles. The molecule has 2 aliphatic rings. The number of hydrogen-bond donors (Lipinski definition) is 0. The van der Waals surface area contributed by atoms with Gasteiger partial charge in [0.2, 0.25) is 0 Å². The number of ether oxygens (including phenoxy) is 2. The van der Waals surface area contributed by atoms with Crippen molar-refractivity contribution in [1.82, 2.24) is 4.98 Å². The second-order valence-corrected chi connectivity index (χ2v) is 8.69. The summed E-state index contributed by atoms with van der Waals surface area (Å²) in [6.07, 6.45) is 4.76. The average Bonchev–Trinajstić information content (AvgIpc) is 2.64. The maximum absolute atomic E-state index is 6.28. The second-order valence-electron chi connectivity index (χ2n) is 8.69. The zero-order valence-corrected chi connectivity index (χ0v) is 16.7. The maximum Gasteiger partial charge on any atom is 0.494 e. The fourth-order valence-electron chi connectivity index (χ4n) is 3.38. The Hall–Kier alpha value is -1.63. The van der Waals surface area contributed by atoms with Gasteiger partial charge in [-0.1, -0.05) is 26.0 Å². The lowest BCUT2D eigenvalue weighted by molar-refractivity contribution is -0.106. The Balaban J connectivity index is 1.56. The highest BCUT2D eigenvalue weighted by molar-refractivity contribution is 6.61. The fourth-order valence-corrected chi connectivity index (χ4v) is 3.38. The zero-order chi connectivity index (χ0) is 19.1. The van der Waals surface area contributed by atoms with Gasteiger partial charge in [0.1, 0.15) is 5.75 Å². The number of nitrogens with zero attached hydrogens (tertiary/aromatic N) is 1. The van der Waals surface area contributed by atoms with Crippen molar-refractivity contribution in [2.45, 2.75) is 58.8 Å². The minimum atomic E-state index is -0.372. The third kappa shape index (κ3) is 3.84. The Labute approximate surface area is 161 Å². The summed E-state index contributed by atoms with van der Waals surface area (Å²) >= 11 is 0. The summed E-state index contributed by atoms with van der Waals surface area (Å²) in [6, 6.07) is 8.13. The highest BCUT2D eigenvalue weighted by atomic mass is 16.7. The second kappa shape index (κ2) is 7.08. The van der Waals surface area contributed by atoms with E-state index >= 15 is 0 Å². The van der Waals surface area contributed by atoms with E-state index in [-0.39, 0.29) is 24.4 Å². The number of aromatic nitrogens is 1. The fraction of sp³-hybridized carbons (Fsp3) is 0.571. The molecule has 0 N–H and O–H groups in total. The van der Waals surface area contributed by atoms with Crippen LogP contribution < -0.4 is 10.2 Å². The van der Waals surface area contributed by atoms with Crippen LogP contribution in [0.1, 0.15) is 47.0 Å². The Morgan fingerprint density at radius 1 is 1.15 bits per heavy atom. The summed E-state index contributed by atoms with van der Waals surface area (Å²) in [7, 11) is -0.372. The van der Waals surface area contributed by atoms with Crippen molar-refractivity contribution in [2.24, 2.45) is 5.41 Å². The number of fused-ring (bicyclic) bond motifs is 1. The number of pyridine rings is 1. The molecule has 2 saturated heterocycles. The molecule has 5 nitrogen and oxygen atoms in total. The van der Waals surface area contributed by atoms with Crippen molar-refractivity contribution in [3.63, 3.8) is 0 Å². The molecule has 0 spiro atoms. The molecule has 1 atom stereocenters. The molecule has 4 rings (SSSR count). The van der Waals surface area contributed by atoms with Crippen LogP contribution in [0.3, 0.4) is 0 Å². The van der Waals surface area contributed by atoms with E-state index < -0.39 is 0 Å². The monoisotopic (exact) mass is 369 g/mol. The molecule has 2 aromatic rings. The molecule has 27 heavy (non-hydrogen) atoms. The molecule has 0 radical (unpaired) electrons. The SMILES string of the molecule is CC1(C)COB(c2ccc3ncc(OC4CCCCO4)cc3c2)OC1(C)C. The summed E-state index contributed by atoms with van der Waals surface area (Å²) in [5, 5.41) is 1.01. The molecule has 1 aromatic heterocycles. The first-order valence-corrected chi connectivity index (χ1v) is 9.81. The first-order valence-electron chi connectivity index (χ1n) is 9.81. The van der Waals surface area contributed by atoms with Gasteiger partial charge in [0.15, 0.2) is 6.29 Å². The van der Waals surface area contributed by atoms with Crippen LogP contribution in [0, 0.1) is 5.41 Å². The lowest BCUT2D eigenvalue weighted by atomic mass is 9.69. The Kier molecular flexibility index (Phi) is 4.91. The first-order chi connectivity index (χ1) is 12.8. The van der Waals surface area contributed by atoms with Crippen LogP contribution in [-0.2, 0) is 14.0 Å². The predicted octanol–water partition coefficient (Wildman–Crippen LogP) is 3.69. The van der Waals surface area contributed by atoms with Crippen LogP contribution >= 0.6 is 0 Å². The largest absolute Gasteiger partial charge is 0.494 e. The van der Waals surface area contributed by atoms with Crippen molar-refractivity contribution in [2.75, 3.05) is 13.2 Å². The van der Waals surface area contributed by atoms with E-state index in [1.54, 1.807) is 6.20 Å². The topological polar surface area (TPSA) is 49.8 Å². The van der Waals surface area contributed by atoms with E-state index in [0.717, 1.165) is 48.0 Å². The van der Waals surface area contributed by atoms with Crippen LogP contribution in [0.15, 0.2) is 30.5 Å². The van der Waals surface area contributed by atoms with Crippen molar-refractivity contribution >= 4 is 23.5 Å². The lowest BCUT2D eigenvalue weighted by Crippen LogP contribution is -2.58.